The van der Waals surface area contributed by atoms with E-state index in [1.54, 1.807) is 42.9 Å². The third-order valence-electron chi connectivity index (χ3n) is 3.37. The second-order valence-electron chi connectivity index (χ2n) is 5.06. The summed E-state index contributed by atoms with van der Waals surface area (Å²) in [6.07, 6.45) is 3.26. The normalized spacial score (nSPS) is 11.2. The van der Waals surface area contributed by atoms with Crippen LogP contribution in [0.3, 0.4) is 0 Å². The van der Waals surface area contributed by atoms with Crippen molar-refractivity contribution in [2.75, 3.05) is 11.3 Å². The minimum absolute atomic E-state index is 0.179. The first kappa shape index (κ1) is 16.1. The summed E-state index contributed by atoms with van der Waals surface area (Å²) in [6.45, 7) is 2.41. The van der Waals surface area contributed by atoms with Crippen molar-refractivity contribution >= 4 is 15.7 Å². The summed E-state index contributed by atoms with van der Waals surface area (Å²) < 4.78 is 32.9. The van der Waals surface area contributed by atoms with Crippen LogP contribution in [0.4, 0.5) is 5.69 Å². The van der Waals surface area contributed by atoms with Crippen LogP contribution in [-0.4, -0.2) is 25.0 Å². The molecule has 0 aliphatic rings. The number of H-pyrrole nitrogens is 1. The van der Waals surface area contributed by atoms with E-state index in [0.29, 0.717) is 18.0 Å². The van der Waals surface area contributed by atoms with Crippen LogP contribution in [-0.2, 0) is 10.0 Å². The zero-order chi connectivity index (χ0) is 17.0. The van der Waals surface area contributed by atoms with Gasteiger partial charge in [0.05, 0.1) is 29.7 Å². The molecule has 0 spiro atoms. The van der Waals surface area contributed by atoms with Crippen LogP contribution in [0.15, 0.2) is 66.0 Å². The molecule has 0 amide bonds. The summed E-state index contributed by atoms with van der Waals surface area (Å²) in [7, 11) is -3.66. The Labute approximate surface area is 140 Å². The monoisotopic (exact) mass is 343 g/mol. The molecule has 0 aliphatic carbocycles. The second-order valence-corrected chi connectivity index (χ2v) is 6.74. The van der Waals surface area contributed by atoms with Crippen LogP contribution >= 0.6 is 0 Å². The SMILES string of the molecule is CCOc1ccc(S(=O)(=O)Nc2cccc(-c3cnc[nH]3)c2)cc1. The van der Waals surface area contributed by atoms with E-state index >= 15 is 0 Å². The van der Waals surface area contributed by atoms with Crippen molar-refractivity contribution in [3.8, 4) is 17.0 Å². The molecule has 0 saturated carbocycles. The Hall–Kier alpha value is -2.80. The molecule has 124 valence electrons. The largest absolute Gasteiger partial charge is 0.494 e. The highest BCUT2D eigenvalue weighted by Crippen LogP contribution is 2.23. The van der Waals surface area contributed by atoms with Gasteiger partial charge in [-0.05, 0) is 43.3 Å². The third-order valence-corrected chi connectivity index (χ3v) is 4.77. The predicted octanol–water partition coefficient (Wildman–Crippen LogP) is 3.28. The number of sulfonamides is 1. The Kier molecular flexibility index (Phi) is 4.52. The fourth-order valence-electron chi connectivity index (χ4n) is 2.26. The van der Waals surface area contributed by atoms with E-state index in [-0.39, 0.29) is 4.90 Å². The number of imidazole rings is 1. The van der Waals surface area contributed by atoms with E-state index < -0.39 is 10.0 Å². The Bertz CT molecular complexity index is 905. The average molecular weight is 343 g/mol. The lowest BCUT2D eigenvalue weighted by molar-refractivity contribution is 0.340. The number of ether oxygens (including phenoxy) is 1. The molecular formula is C17H17N3O3S. The first-order valence-electron chi connectivity index (χ1n) is 7.43. The molecule has 2 N–H and O–H groups in total. The van der Waals surface area contributed by atoms with E-state index in [9.17, 15) is 8.42 Å². The van der Waals surface area contributed by atoms with Gasteiger partial charge in [-0.15, -0.1) is 0 Å². The van der Waals surface area contributed by atoms with E-state index in [0.717, 1.165) is 11.3 Å². The number of hydrogen-bond donors (Lipinski definition) is 2. The van der Waals surface area contributed by atoms with Crippen molar-refractivity contribution < 1.29 is 13.2 Å². The highest BCUT2D eigenvalue weighted by atomic mass is 32.2. The predicted molar refractivity (Wildman–Crippen MR) is 92.4 cm³/mol. The van der Waals surface area contributed by atoms with Gasteiger partial charge in [0, 0.05) is 11.3 Å². The quantitative estimate of drug-likeness (QED) is 0.719. The molecule has 0 unspecified atom stereocenters. The number of aromatic amines is 1. The minimum atomic E-state index is -3.66. The Morgan fingerprint density at radius 1 is 1.17 bits per heavy atom. The molecule has 2 aromatic carbocycles. The standard InChI is InChI=1S/C17H17N3O3S/c1-2-23-15-6-8-16(9-7-15)24(21,22)20-14-5-3-4-13(10-14)17-11-18-12-19-17/h3-12,20H,2H2,1H3,(H,18,19). The van der Waals surface area contributed by atoms with Crippen LogP contribution in [0.1, 0.15) is 6.92 Å². The minimum Gasteiger partial charge on any atom is -0.494 e. The molecule has 1 heterocycles. The molecule has 0 aliphatic heterocycles. The van der Waals surface area contributed by atoms with E-state index in [4.69, 9.17) is 4.74 Å². The molecule has 0 fully saturated rings. The molecule has 0 atom stereocenters. The van der Waals surface area contributed by atoms with Gasteiger partial charge in [0.1, 0.15) is 5.75 Å². The zero-order valence-electron chi connectivity index (χ0n) is 13.1. The molecule has 0 bridgehead atoms. The second kappa shape index (κ2) is 6.76. The first-order chi connectivity index (χ1) is 11.6. The number of anilines is 1. The van der Waals surface area contributed by atoms with Crippen molar-refractivity contribution in [3.63, 3.8) is 0 Å². The Morgan fingerprint density at radius 2 is 1.96 bits per heavy atom. The summed E-state index contributed by atoms with van der Waals surface area (Å²) in [5.41, 5.74) is 2.15. The van der Waals surface area contributed by atoms with Gasteiger partial charge < -0.3 is 9.72 Å². The zero-order valence-corrected chi connectivity index (χ0v) is 13.9. The number of nitrogens with zero attached hydrogens (tertiary/aromatic N) is 1. The Balaban J connectivity index is 1.83. The summed E-state index contributed by atoms with van der Waals surface area (Å²) in [6, 6.07) is 13.4. The van der Waals surface area contributed by atoms with Gasteiger partial charge in [-0.3, -0.25) is 4.72 Å². The van der Waals surface area contributed by atoms with Gasteiger partial charge in [0.2, 0.25) is 0 Å². The van der Waals surface area contributed by atoms with Crippen LogP contribution in [0.25, 0.3) is 11.3 Å². The lowest BCUT2D eigenvalue weighted by atomic mass is 10.1. The van der Waals surface area contributed by atoms with Crippen molar-refractivity contribution in [2.24, 2.45) is 0 Å². The number of hydrogen-bond acceptors (Lipinski definition) is 4. The molecule has 3 rings (SSSR count). The molecular weight excluding hydrogens is 326 g/mol. The summed E-state index contributed by atoms with van der Waals surface area (Å²) in [5.74, 6) is 0.637. The van der Waals surface area contributed by atoms with Crippen LogP contribution in [0.5, 0.6) is 5.75 Å². The van der Waals surface area contributed by atoms with Crippen molar-refractivity contribution in [2.45, 2.75) is 11.8 Å². The first-order valence-corrected chi connectivity index (χ1v) is 8.91. The fraction of sp³-hybridized carbons (Fsp3) is 0.118. The number of benzene rings is 2. The summed E-state index contributed by atoms with van der Waals surface area (Å²) in [5, 5.41) is 0. The maximum Gasteiger partial charge on any atom is 0.261 e. The van der Waals surface area contributed by atoms with Gasteiger partial charge in [-0.1, -0.05) is 12.1 Å². The summed E-state index contributed by atoms with van der Waals surface area (Å²) >= 11 is 0. The third kappa shape index (κ3) is 3.57. The van der Waals surface area contributed by atoms with E-state index in [2.05, 4.69) is 14.7 Å². The van der Waals surface area contributed by atoms with E-state index in [1.807, 2.05) is 13.0 Å². The lowest BCUT2D eigenvalue weighted by Crippen LogP contribution is -2.12. The average Bonchev–Trinajstić information content (AvgIpc) is 3.10. The van der Waals surface area contributed by atoms with Crippen molar-refractivity contribution in [1.29, 1.82) is 0 Å². The van der Waals surface area contributed by atoms with Crippen LogP contribution < -0.4 is 9.46 Å². The smallest absolute Gasteiger partial charge is 0.261 e. The van der Waals surface area contributed by atoms with Gasteiger partial charge in [-0.25, -0.2) is 13.4 Å². The number of rotatable bonds is 6. The maximum absolute atomic E-state index is 12.5. The van der Waals surface area contributed by atoms with Crippen molar-refractivity contribution in [1.82, 2.24) is 9.97 Å². The molecule has 3 aromatic rings. The topological polar surface area (TPSA) is 84.1 Å². The van der Waals surface area contributed by atoms with Gasteiger partial charge in [0.15, 0.2) is 0 Å². The van der Waals surface area contributed by atoms with Crippen LogP contribution in [0, 0.1) is 0 Å². The van der Waals surface area contributed by atoms with Crippen molar-refractivity contribution in [3.05, 3.63) is 61.1 Å². The van der Waals surface area contributed by atoms with Crippen LogP contribution in [0.2, 0.25) is 0 Å². The molecule has 0 saturated heterocycles. The Morgan fingerprint density at radius 3 is 2.62 bits per heavy atom. The molecule has 6 nitrogen and oxygen atoms in total. The van der Waals surface area contributed by atoms with Gasteiger partial charge in [0.25, 0.3) is 10.0 Å². The fourth-order valence-corrected chi connectivity index (χ4v) is 3.31. The highest BCUT2D eigenvalue weighted by molar-refractivity contribution is 7.92. The number of nitrogens with one attached hydrogen (secondary N) is 2. The molecule has 0 radical (unpaired) electrons. The molecule has 1 aromatic heterocycles. The summed E-state index contributed by atoms with van der Waals surface area (Å²) in [4.78, 5) is 7.14. The van der Waals surface area contributed by atoms with E-state index in [1.165, 1.54) is 12.1 Å². The molecule has 7 heteroatoms. The molecule has 24 heavy (non-hydrogen) atoms. The highest BCUT2D eigenvalue weighted by Gasteiger charge is 2.14. The maximum atomic E-state index is 12.5. The van der Waals surface area contributed by atoms with Gasteiger partial charge in [-0.2, -0.15) is 0 Å². The number of aromatic nitrogens is 2. The lowest BCUT2D eigenvalue weighted by Gasteiger charge is -2.10. The van der Waals surface area contributed by atoms with Gasteiger partial charge >= 0.3 is 0 Å².